The number of carboxylic acids is 1. The van der Waals surface area contributed by atoms with E-state index >= 15 is 0 Å². The molecule has 0 bridgehead atoms. The van der Waals surface area contributed by atoms with Gasteiger partial charge in [-0.25, -0.2) is 0 Å². The van der Waals surface area contributed by atoms with Gasteiger partial charge in [-0.05, 0) is 24.1 Å². The summed E-state index contributed by atoms with van der Waals surface area (Å²) in [5.41, 5.74) is 0.833. The molecule has 2 N–H and O–H groups in total. The van der Waals surface area contributed by atoms with Gasteiger partial charge in [0.2, 0.25) is 0 Å². The van der Waals surface area contributed by atoms with Crippen molar-refractivity contribution in [3.8, 4) is 11.5 Å². The van der Waals surface area contributed by atoms with Crippen molar-refractivity contribution in [2.24, 2.45) is 5.92 Å². The van der Waals surface area contributed by atoms with Crippen molar-refractivity contribution >= 4 is 5.97 Å². The third kappa shape index (κ3) is 2.87. The second-order valence-electron chi connectivity index (χ2n) is 3.45. The molecule has 4 heteroatoms. The van der Waals surface area contributed by atoms with E-state index < -0.39 is 11.9 Å². The number of carbonyl (C=O) groups is 1. The second-order valence-corrected chi connectivity index (χ2v) is 3.45. The van der Waals surface area contributed by atoms with Crippen LogP contribution in [0.15, 0.2) is 18.2 Å². The first-order valence-corrected chi connectivity index (χ1v) is 4.63. The lowest BCUT2D eigenvalue weighted by molar-refractivity contribution is -0.141. The fourth-order valence-electron chi connectivity index (χ4n) is 1.29. The minimum absolute atomic E-state index is 0.0595. The van der Waals surface area contributed by atoms with Gasteiger partial charge >= 0.3 is 5.97 Å². The van der Waals surface area contributed by atoms with Crippen molar-refractivity contribution in [3.05, 3.63) is 23.8 Å². The molecule has 82 valence electrons. The van der Waals surface area contributed by atoms with Crippen molar-refractivity contribution < 1.29 is 19.7 Å². The Bertz CT molecular complexity index is 360. The zero-order chi connectivity index (χ0) is 11.4. The van der Waals surface area contributed by atoms with E-state index in [4.69, 9.17) is 9.84 Å². The van der Waals surface area contributed by atoms with Gasteiger partial charge in [0.15, 0.2) is 11.5 Å². The molecular formula is C11H14O4. The number of hydrogen-bond donors (Lipinski definition) is 2. The Morgan fingerprint density at radius 3 is 2.73 bits per heavy atom. The van der Waals surface area contributed by atoms with Crippen molar-refractivity contribution in [1.82, 2.24) is 0 Å². The lowest BCUT2D eigenvalue weighted by atomic mass is 10.0. The predicted octanol–water partition coefficient (Wildman–Crippen LogP) is 1.66. The average Bonchev–Trinajstić information content (AvgIpc) is 2.20. The Kier molecular flexibility index (Phi) is 3.55. The third-order valence-electron chi connectivity index (χ3n) is 2.21. The van der Waals surface area contributed by atoms with Crippen molar-refractivity contribution in [1.29, 1.82) is 0 Å². The molecule has 0 saturated carbocycles. The molecule has 1 aromatic carbocycles. The van der Waals surface area contributed by atoms with E-state index in [0.29, 0.717) is 12.2 Å². The lowest BCUT2D eigenvalue weighted by Crippen LogP contribution is -2.12. The topological polar surface area (TPSA) is 66.8 Å². The normalized spacial score (nSPS) is 12.1. The van der Waals surface area contributed by atoms with Gasteiger partial charge in [0, 0.05) is 0 Å². The van der Waals surface area contributed by atoms with Crippen LogP contribution in [0, 0.1) is 5.92 Å². The maximum absolute atomic E-state index is 10.6. The van der Waals surface area contributed by atoms with E-state index in [9.17, 15) is 9.90 Å². The fraction of sp³-hybridized carbons (Fsp3) is 0.364. The molecule has 0 fully saturated rings. The summed E-state index contributed by atoms with van der Waals surface area (Å²) in [6.45, 7) is 1.64. The molecule has 15 heavy (non-hydrogen) atoms. The van der Waals surface area contributed by atoms with Gasteiger partial charge in [0.1, 0.15) is 0 Å². The van der Waals surface area contributed by atoms with Gasteiger partial charge in [-0.2, -0.15) is 0 Å². The smallest absolute Gasteiger partial charge is 0.306 e. The van der Waals surface area contributed by atoms with Crippen LogP contribution in [0.4, 0.5) is 0 Å². The standard InChI is InChI=1S/C11H14O4/c1-7(11(13)14)5-8-3-4-9(12)10(6-8)15-2/h3-4,6-7,12H,5H2,1-2H3,(H,13,14). The van der Waals surface area contributed by atoms with Crippen LogP contribution in [-0.2, 0) is 11.2 Å². The van der Waals surface area contributed by atoms with Gasteiger partial charge in [-0.15, -0.1) is 0 Å². The van der Waals surface area contributed by atoms with Crippen molar-refractivity contribution in [3.63, 3.8) is 0 Å². The first-order chi connectivity index (χ1) is 7.04. The van der Waals surface area contributed by atoms with E-state index in [0.717, 1.165) is 5.56 Å². The zero-order valence-corrected chi connectivity index (χ0v) is 8.73. The lowest BCUT2D eigenvalue weighted by Gasteiger charge is -2.08. The number of phenols is 1. The maximum Gasteiger partial charge on any atom is 0.306 e. The molecule has 0 heterocycles. The molecule has 4 nitrogen and oxygen atoms in total. The highest BCUT2D eigenvalue weighted by molar-refractivity contribution is 5.70. The number of ether oxygens (including phenoxy) is 1. The second kappa shape index (κ2) is 4.68. The molecule has 0 spiro atoms. The van der Waals surface area contributed by atoms with Crippen LogP contribution in [0.1, 0.15) is 12.5 Å². The molecule has 0 aliphatic rings. The molecule has 1 unspecified atom stereocenters. The van der Waals surface area contributed by atoms with E-state index in [1.54, 1.807) is 19.1 Å². The van der Waals surface area contributed by atoms with E-state index in [1.165, 1.54) is 13.2 Å². The van der Waals surface area contributed by atoms with Crippen molar-refractivity contribution in [2.75, 3.05) is 7.11 Å². The van der Waals surface area contributed by atoms with E-state index in [1.807, 2.05) is 0 Å². The van der Waals surface area contributed by atoms with E-state index in [-0.39, 0.29) is 5.75 Å². The number of hydrogen-bond acceptors (Lipinski definition) is 3. The maximum atomic E-state index is 10.6. The molecule has 0 aliphatic carbocycles. The molecule has 0 radical (unpaired) electrons. The number of phenolic OH excluding ortho intramolecular Hbond substituents is 1. The molecule has 0 amide bonds. The molecule has 1 atom stereocenters. The Labute approximate surface area is 88.1 Å². The Morgan fingerprint density at radius 1 is 1.53 bits per heavy atom. The summed E-state index contributed by atoms with van der Waals surface area (Å²) in [6.07, 6.45) is 0.423. The summed E-state index contributed by atoms with van der Waals surface area (Å²) in [4.78, 5) is 10.6. The Balaban J connectivity index is 2.83. The number of benzene rings is 1. The summed E-state index contributed by atoms with van der Waals surface area (Å²) in [5, 5.41) is 18.1. The number of aliphatic carboxylic acids is 1. The SMILES string of the molecule is COc1cc(CC(C)C(=O)O)ccc1O. The van der Waals surface area contributed by atoms with Gasteiger partial charge < -0.3 is 14.9 Å². The highest BCUT2D eigenvalue weighted by atomic mass is 16.5. The highest BCUT2D eigenvalue weighted by Gasteiger charge is 2.12. The summed E-state index contributed by atoms with van der Waals surface area (Å²) in [7, 11) is 1.46. The molecule has 1 rings (SSSR count). The van der Waals surface area contributed by atoms with Gasteiger partial charge in [-0.1, -0.05) is 13.0 Å². The van der Waals surface area contributed by atoms with Crippen LogP contribution < -0.4 is 4.74 Å². The largest absolute Gasteiger partial charge is 0.504 e. The minimum Gasteiger partial charge on any atom is -0.504 e. The molecule has 1 aromatic rings. The first kappa shape index (κ1) is 11.4. The number of carboxylic acid groups (broad SMARTS) is 1. The minimum atomic E-state index is -0.831. The summed E-state index contributed by atoms with van der Waals surface area (Å²) in [6, 6.07) is 4.84. The van der Waals surface area contributed by atoms with Gasteiger partial charge in [0.05, 0.1) is 13.0 Å². The van der Waals surface area contributed by atoms with Gasteiger partial charge in [-0.3, -0.25) is 4.79 Å². The number of methoxy groups -OCH3 is 1. The number of aromatic hydroxyl groups is 1. The monoisotopic (exact) mass is 210 g/mol. The quantitative estimate of drug-likeness (QED) is 0.793. The highest BCUT2D eigenvalue weighted by Crippen LogP contribution is 2.27. The average molecular weight is 210 g/mol. The fourth-order valence-corrected chi connectivity index (χ4v) is 1.29. The third-order valence-corrected chi connectivity index (χ3v) is 2.21. The van der Waals surface area contributed by atoms with Crippen LogP contribution in [0.2, 0.25) is 0 Å². The summed E-state index contributed by atoms with van der Waals surface area (Å²) >= 11 is 0. The van der Waals surface area contributed by atoms with Crippen molar-refractivity contribution in [2.45, 2.75) is 13.3 Å². The first-order valence-electron chi connectivity index (χ1n) is 4.63. The molecule has 0 saturated heterocycles. The molecular weight excluding hydrogens is 196 g/mol. The van der Waals surface area contributed by atoms with Crippen LogP contribution >= 0.6 is 0 Å². The van der Waals surface area contributed by atoms with Crippen LogP contribution in [0.5, 0.6) is 11.5 Å². The summed E-state index contributed by atoms with van der Waals surface area (Å²) in [5.74, 6) is -0.851. The molecule has 0 aromatic heterocycles. The van der Waals surface area contributed by atoms with Crippen LogP contribution in [0.3, 0.4) is 0 Å². The Hall–Kier alpha value is -1.71. The van der Waals surface area contributed by atoms with Crippen LogP contribution in [0.25, 0.3) is 0 Å². The summed E-state index contributed by atoms with van der Waals surface area (Å²) < 4.78 is 4.93. The van der Waals surface area contributed by atoms with Gasteiger partial charge in [0.25, 0.3) is 0 Å². The van der Waals surface area contributed by atoms with Crippen LogP contribution in [-0.4, -0.2) is 23.3 Å². The molecule has 0 aliphatic heterocycles. The Morgan fingerprint density at radius 2 is 2.20 bits per heavy atom. The number of rotatable bonds is 4. The predicted molar refractivity (Wildman–Crippen MR) is 55.2 cm³/mol. The van der Waals surface area contributed by atoms with E-state index in [2.05, 4.69) is 0 Å². The zero-order valence-electron chi connectivity index (χ0n) is 8.73.